The van der Waals surface area contributed by atoms with Gasteiger partial charge in [-0.1, -0.05) is 13.8 Å². The highest BCUT2D eigenvalue weighted by Gasteiger charge is 2.59. The molecular weight excluding hydrogens is 380 g/mol. The number of nitrogens with one attached hydrogen (secondary N) is 2. The fourth-order valence-corrected chi connectivity index (χ4v) is 6.16. The summed E-state index contributed by atoms with van der Waals surface area (Å²) >= 11 is 0. The van der Waals surface area contributed by atoms with E-state index in [0.717, 1.165) is 51.2 Å². The van der Waals surface area contributed by atoms with Crippen molar-refractivity contribution in [2.24, 2.45) is 16.3 Å². The van der Waals surface area contributed by atoms with Crippen LogP contribution in [0.3, 0.4) is 0 Å². The molecule has 0 spiro atoms. The van der Waals surface area contributed by atoms with E-state index in [4.69, 9.17) is 14.5 Å². The molecule has 0 aromatic rings. The summed E-state index contributed by atoms with van der Waals surface area (Å²) in [4.78, 5) is 19.5. The Hall–Kier alpha value is -1.50. The summed E-state index contributed by atoms with van der Waals surface area (Å²) in [5, 5.41) is 7.43. The topological polar surface area (TPSA) is 75.2 Å². The van der Waals surface area contributed by atoms with E-state index in [9.17, 15) is 4.79 Å². The number of guanidine groups is 1. The maximum Gasteiger partial charge on any atom is 0.410 e. The molecule has 1 amide bonds. The number of fused-ring (bicyclic) bond motifs is 3. The van der Waals surface area contributed by atoms with Crippen LogP contribution in [0.25, 0.3) is 0 Å². The van der Waals surface area contributed by atoms with Gasteiger partial charge in [-0.05, 0) is 59.8 Å². The minimum Gasteiger partial charge on any atom is -0.444 e. The Balaban J connectivity index is 1.37. The zero-order chi connectivity index (χ0) is 21.7. The molecule has 170 valence electrons. The number of carbonyl (C=O) groups excluding carboxylic acids is 1. The molecular formula is C23H40N4O3. The van der Waals surface area contributed by atoms with Crippen molar-refractivity contribution in [3.8, 4) is 0 Å². The molecule has 2 N–H and O–H groups in total. The van der Waals surface area contributed by atoms with Crippen LogP contribution in [0.15, 0.2) is 4.99 Å². The second-order valence-electron chi connectivity index (χ2n) is 11.1. The molecule has 3 saturated heterocycles. The second-order valence-corrected chi connectivity index (χ2v) is 11.1. The highest BCUT2D eigenvalue weighted by molar-refractivity contribution is 5.81. The predicted octanol–water partition coefficient (Wildman–Crippen LogP) is 3.29. The number of aliphatic imine (C=N–C) groups is 1. The summed E-state index contributed by atoms with van der Waals surface area (Å²) in [5.41, 5.74) is -0.329. The van der Waals surface area contributed by atoms with Crippen LogP contribution in [0.5, 0.6) is 0 Å². The first kappa shape index (κ1) is 21.7. The minimum absolute atomic E-state index is 0.121. The Morgan fingerprint density at radius 3 is 2.43 bits per heavy atom. The SMILES string of the molecule is CCN=C(NC1CC2CCC(C1)N2C(=O)OC(C)(C)C)NC1C2CCOC2C1(C)C. The third-order valence-electron chi connectivity index (χ3n) is 7.39. The van der Waals surface area contributed by atoms with E-state index in [-0.39, 0.29) is 23.6 Å². The first-order valence-corrected chi connectivity index (χ1v) is 11.8. The first-order chi connectivity index (χ1) is 14.1. The fourth-order valence-electron chi connectivity index (χ4n) is 6.16. The van der Waals surface area contributed by atoms with E-state index in [1.165, 1.54) is 0 Å². The number of piperidine rings is 1. The van der Waals surface area contributed by atoms with E-state index in [0.29, 0.717) is 24.1 Å². The van der Waals surface area contributed by atoms with Crippen LogP contribution in [-0.2, 0) is 9.47 Å². The number of nitrogens with zero attached hydrogens (tertiary/aromatic N) is 2. The third kappa shape index (κ3) is 4.02. The van der Waals surface area contributed by atoms with Crippen LogP contribution in [0.1, 0.15) is 73.6 Å². The Morgan fingerprint density at radius 1 is 1.17 bits per heavy atom. The van der Waals surface area contributed by atoms with E-state index >= 15 is 0 Å². The van der Waals surface area contributed by atoms with Crippen molar-refractivity contribution in [2.75, 3.05) is 13.2 Å². The first-order valence-electron chi connectivity index (χ1n) is 11.8. The number of rotatable bonds is 3. The monoisotopic (exact) mass is 420 g/mol. The van der Waals surface area contributed by atoms with Gasteiger partial charge >= 0.3 is 6.09 Å². The lowest BCUT2D eigenvalue weighted by molar-refractivity contribution is -0.106. The summed E-state index contributed by atoms with van der Waals surface area (Å²) in [6, 6.07) is 1.23. The van der Waals surface area contributed by atoms with Crippen LogP contribution in [0.4, 0.5) is 4.79 Å². The molecule has 1 saturated carbocycles. The van der Waals surface area contributed by atoms with Gasteiger partial charge in [-0.25, -0.2) is 4.79 Å². The molecule has 0 aromatic carbocycles. The van der Waals surface area contributed by atoms with Crippen LogP contribution in [0.2, 0.25) is 0 Å². The van der Waals surface area contributed by atoms with Crippen LogP contribution in [-0.4, -0.2) is 66.0 Å². The van der Waals surface area contributed by atoms with Crippen molar-refractivity contribution in [1.29, 1.82) is 0 Å². The van der Waals surface area contributed by atoms with Gasteiger partial charge in [0.15, 0.2) is 5.96 Å². The van der Waals surface area contributed by atoms with Crippen molar-refractivity contribution in [3.63, 3.8) is 0 Å². The zero-order valence-corrected chi connectivity index (χ0v) is 19.5. The number of ether oxygens (including phenoxy) is 2. The van der Waals surface area contributed by atoms with Gasteiger partial charge in [0.2, 0.25) is 0 Å². The van der Waals surface area contributed by atoms with Gasteiger partial charge in [0.05, 0.1) is 6.10 Å². The van der Waals surface area contributed by atoms with Gasteiger partial charge in [0, 0.05) is 48.7 Å². The van der Waals surface area contributed by atoms with Crippen molar-refractivity contribution in [1.82, 2.24) is 15.5 Å². The summed E-state index contributed by atoms with van der Waals surface area (Å²) in [6.45, 7) is 14.1. The summed E-state index contributed by atoms with van der Waals surface area (Å²) in [6.07, 6.45) is 5.36. The molecule has 5 atom stereocenters. The van der Waals surface area contributed by atoms with Crippen molar-refractivity contribution < 1.29 is 14.3 Å². The molecule has 5 unspecified atom stereocenters. The standard InChI is InChI=1S/C23H40N4O3/c1-7-24-20(26-18-17-10-11-29-19(17)23(18,5)6)25-14-12-15-8-9-16(13-14)27(15)21(28)30-22(2,3)4/h14-19H,7-13H2,1-6H3,(H2,24,25,26). The molecule has 7 heteroatoms. The predicted molar refractivity (Wildman–Crippen MR) is 118 cm³/mol. The van der Waals surface area contributed by atoms with Crippen LogP contribution < -0.4 is 10.6 Å². The van der Waals surface area contributed by atoms with E-state index in [1.807, 2.05) is 25.7 Å². The molecule has 3 aliphatic heterocycles. The van der Waals surface area contributed by atoms with E-state index < -0.39 is 5.60 Å². The number of amides is 1. The van der Waals surface area contributed by atoms with E-state index in [1.54, 1.807) is 0 Å². The Bertz CT molecular complexity index is 672. The van der Waals surface area contributed by atoms with Gasteiger partial charge < -0.3 is 25.0 Å². The van der Waals surface area contributed by atoms with Gasteiger partial charge in [-0.15, -0.1) is 0 Å². The number of hydrogen-bond donors (Lipinski definition) is 2. The lowest BCUT2D eigenvalue weighted by atomic mass is 9.57. The Labute approximate surface area is 181 Å². The summed E-state index contributed by atoms with van der Waals surface area (Å²) < 4.78 is 11.6. The van der Waals surface area contributed by atoms with Crippen LogP contribution in [0, 0.1) is 11.3 Å². The molecule has 3 heterocycles. The lowest BCUT2D eigenvalue weighted by Gasteiger charge is -2.55. The summed E-state index contributed by atoms with van der Waals surface area (Å²) in [7, 11) is 0. The third-order valence-corrected chi connectivity index (χ3v) is 7.39. The zero-order valence-electron chi connectivity index (χ0n) is 19.5. The highest BCUT2D eigenvalue weighted by atomic mass is 16.6. The molecule has 1 aliphatic carbocycles. The van der Waals surface area contributed by atoms with Gasteiger partial charge in [-0.3, -0.25) is 4.99 Å². The molecule has 4 rings (SSSR count). The molecule has 7 nitrogen and oxygen atoms in total. The Morgan fingerprint density at radius 2 is 1.83 bits per heavy atom. The molecule has 0 radical (unpaired) electrons. The van der Waals surface area contributed by atoms with E-state index in [2.05, 4.69) is 31.4 Å². The normalized spacial score (nSPS) is 37.4. The molecule has 30 heavy (non-hydrogen) atoms. The maximum absolute atomic E-state index is 12.7. The highest BCUT2D eigenvalue weighted by Crippen LogP contribution is 2.52. The molecule has 4 aliphatic rings. The minimum atomic E-state index is -0.451. The average molecular weight is 421 g/mol. The molecule has 4 fully saturated rings. The Kier molecular flexibility index (Phi) is 5.71. The van der Waals surface area contributed by atoms with Gasteiger partial charge in [-0.2, -0.15) is 0 Å². The van der Waals surface area contributed by atoms with Crippen LogP contribution >= 0.6 is 0 Å². The van der Waals surface area contributed by atoms with Crippen molar-refractivity contribution in [2.45, 2.75) is 110 Å². The molecule has 2 bridgehead atoms. The quantitative estimate of drug-likeness (QED) is 0.541. The molecule has 0 aromatic heterocycles. The van der Waals surface area contributed by atoms with Gasteiger partial charge in [0.1, 0.15) is 5.60 Å². The summed E-state index contributed by atoms with van der Waals surface area (Å²) in [5.74, 6) is 1.49. The lowest BCUT2D eigenvalue weighted by Crippen LogP contribution is -2.68. The largest absolute Gasteiger partial charge is 0.444 e. The number of carbonyl (C=O) groups is 1. The maximum atomic E-state index is 12.7. The number of hydrogen-bond acceptors (Lipinski definition) is 4. The smallest absolute Gasteiger partial charge is 0.410 e. The van der Waals surface area contributed by atoms with Gasteiger partial charge in [0.25, 0.3) is 0 Å². The van der Waals surface area contributed by atoms with Crippen molar-refractivity contribution in [3.05, 3.63) is 0 Å². The average Bonchev–Trinajstić information content (AvgIpc) is 3.20. The van der Waals surface area contributed by atoms with Crippen molar-refractivity contribution >= 4 is 12.1 Å². The second kappa shape index (κ2) is 7.88. The fraction of sp³-hybridized carbons (Fsp3) is 0.913.